The molecule has 1 saturated carbocycles. The van der Waals surface area contributed by atoms with Crippen LogP contribution in [0, 0.1) is 11.8 Å². The van der Waals surface area contributed by atoms with Crippen molar-refractivity contribution in [1.29, 1.82) is 0 Å². The number of piperidine rings is 2. The number of pyridine rings is 1. The normalized spacial score (nSPS) is 20.6. The molecule has 248 valence electrons. The number of carbonyl (C=O) groups is 1. The maximum absolute atomic E-state index is 13.6. The van der Waals surface area contributed by atoms with Crippen LogP contribution in [0.15, 0.2) is 36.5 Å². The molecule has 3 heterocycles. The third-order valence-corrected chi connectivity index (χ3v) is 9.42. The molecule has 0 radical (unpaired) electrons. The fourth-order valence-corrected chi connectivity index (χ4v) is 6.54. The average molecular weight is 642 g/mol. The van der Waals surface area contributed by atoms with Gasteiger partial charge < -0.3 is 24.6 Å². The van der Waals surface area contributed by atoms with Gasteiger partial charge >= 0.3 is 18.1 Å². The van der Waals surface area contributed by atoms with Crippen molar-refractivity contribution in [2.24, 2.45) is 11.8 Å². The van der Waals surface area contributed by atoms with Gasteiger partial charge in [-0.1, -0.05) is 6.07 Å². The summed E-state index contributed by atoms with van der Waals surface area (Å²) in [5.74, 6) is -4.00. The van der Waals surface area contributed by atoms with Crippen molar-refractivity contribution in [3.8, 4) is 11.6 Å². The quantitative estimate of drug-likeness (QED) is 0.280. The molecular formula is C32H40F5N3O5. The number of halogens is 5. The largest absolute Gasteiger partial charge is 0.497 e. The van der Waals surface area contributed by atoms with E-state index in [1.54, 1.807) is 18.3 Å². The number of anilines is 1. The molecule has 2 saturated heterocycles. The molecule has 1 unspecified atom stereocenters. The molecule has 2 aliphatic heterocycles. The van der Waals surface area contributed by atoms with Gasteiger partial charge in [0, 0.05) is 55.8 Å². The highest BCUT2D eigenvalue weighted by Crippen LogP contribution is 2.45. The number of alkyl halides is 5. The second-order valence-corrected chi connectivity index (χ2v) is 12.6. The van der Waals surface area contributed by atoms with Gasteiger partial charge in [-0.2, -0.15) is 22.0 Å². The number of carboxylic acids is 1. The Morgan fingerprint density at radius 3 is 2.33 bits per heavy atom. The highest BCUT2D eigenvalue weighted by Gasteiger charge is 2.58. The van der Waals surface area contributed by atoms with Gasteiger partial charge in [0.05, 0.1) is 32.3 Å². The summed E-state index contributed by atoms with van der Waals surface area (Å²) in [6.07, 6.45) is -0.205. The zero-order valence-electron chi connectivity index (χ0n) is 25.2. The van der Waals surface area contributed by atoms with Gasteiger partial charge in [-0.15, -0.1) is 0 Å². The van der Waals surface area contributed by atoms with E-state index in [0.717, 1.165) is 41.8 Å². The molecule has 0 bridgehead atoms. The molecule has 13 heteroatoms. The monoisotopic (exact) mass is 641 g/mol. The maximum atomic E-state index is 13.6. The van der Waals surface area contributed by atoms with Crippen LogP contribution in [0.1, 0.15) is 62.0 Å². The van der Waals surface area contributed by atoms with Gasteiger partial charge in [-0.3, -0.25) is 9.69 Å². The first-order valence-corrected chi connectivity index (χ1v) is 15.4. The lowest BCUT2D eigenvalue weighted by Gasteiger charge is -2.42. The van der Waals surface area contributed by atoms with Crippen LogP contribution in [0.4, 0.5) is 27.6 Å². The number of methoxy groups -OCH3 is 1. The van der Waals surface area contributed by atoms with Crippen LogP contribution in [0.2, 0.25) is 0 Å². The SMILES string of the molecule is COc1ccc(C2(O)CCN(CC(F)(F)C(F)(F)F)CC2)c(N2CCC(COc3cc(C(CC(=O)O)C4CC4)ccn3)CC2)c1. The van der Waals surface area contributed by atoms with Crippen molar-refractivity contribution >= 4 is 11.7 Å². The fraction of sp³-hybridized carbons (Fsp3) is 0.625. The van der Waals surface area contributed by atoms with Gasteiger partial charge in [-0.25, -0.2) is 4.98 Å². The van der Waals surface area contributed by atoms with E-state index < -0.39 is 30.2 Å². The number of aromatic nitrogens is 1. The van der Waals surface area contributed by atoms with Crippen LogP contribution in [-0.2, 0) is 10.4 Å². The lowest BCUT2D eigenvalue weighted by molar-refractivity contribution is -0.287. The van der Waals surface area contributed by atoms with E-state index in [4.69, 9.17) is 9.47 Å². The Labute approximate surface area is 259 Å². The zero-order valence-corrected chi connectivity index (χ0v) is 25.2. The summed E-state index contributed by atoms with van der Waals surface area (Å²) in [4.78, 5) is 18.9. The molecule has 3 aliphatic rings. The molecular weight excluding hydrogens is 601 g/mol. The second kappa shape index (κ2) is 13.3. The molecule has 8 nitrogen and oxygen atoms in total. The third kappa shape index (κ3) is 7.97. The number of hydrogen-bond acceptors (Lipinski definition) is 7. The molecule has 1 aliphatic carbocycles. The predicted molar refractivity (Wildman–Crippen MR) is 156 cm³/mol. The Bertz CT molecular complexity index is 1320. The molecule has 3 fully saturated rings. The number of rotatable bonds is 12. The lowest BCUT2D eigenvalue weighted by Crippen LogP contribution is -2.51. The number of likely N-dealkylation sites (tertiary alicyclic amines) is 1. The summed E-state index contributed by atoms with van der Waals surface area (Å²) >= 11 is 0. The third-order valence-electron chi connectivity index (χ3n) is 9.42. The summed E-state index contributed by atoms with van der Waals surface area (Å²) in [5, 5.41) is 21.0. The smallest absolute Gasteiger partial charge is 0.454 e. The summed E-state index contributed by atoms with van der Waals surface area (Å²) in [6, 6.07) is 9.00. The highest BCUT2D eigenvalue weighted by atomic mass is 19.4. The number of ether oxygens (including phenoxy) is 2. The number of nitrogens with zero attached hydrogens (tertiary/aromatic N) is 3. The first kappa shape index (κ1) is 33.2. The number of hydrogen-bond donors (Lipinski definition) is 2. The molecule has 2 aromatic rings. The Morgan fingerprint density at radius 2 is 1.73 bits per heavy atom. The first-order chi connectivity index (χ1) is 21.3. The molecule has 45 heavy (non-hydrogen) atoms. The Hall–Kier alpha value is -3.19. The summed E-state index contributed by atoms with van der Waals surface area (Å²) < 4.78 is 77.0. The topological polar surface area (TPSA) is 95.4 Å². The summed E-state index contributed by atoms with van der Waals surface area (Å²) in [5.41, 5.74) is 0.904. The molecule has 0 amide bonds. The van der Waals surface area contributed by atoms with Gasteiger partial charge in [0.15, 0.2) is 0 Å². The van der Waals surface area contributed by atoms with E-state index in [1.165, 1.54) is 7.11 Å². The van der Waals surface area contributed by atoms with Crippen molar-refractivity contribution in [3.63, 3.8) is 0 Å². The molecule has 1 aromatic heterocycles. The predicted octanol–water partition coefficient (Wildman–Crippen LogP) is 5.83. The minimum absolute atomic E-state index is 0.0186. The van der Waals surface area contributed by atoms with E-state index in [9.17, 15) is 37.0 Å². The minimum Gasteiger partial charge on any atom is -0.497 e. The van der Waals surface area contributed by atoms with Crippen LogP contribution in [0.25, 0.3) is 0 Å². The van der Waals surface area contributed by atoms with Gasteiger partial charge in [0.25, 0.3) is 0 Å². The van der Waals surface area contributed by atoms with E-state index in [0.29, 0.717) is 42.8 Å². The number of carboxylic acid groups (broad SMARTS) is 1. The van der Waals surface area contributed by atoms with Crippen molar-refractivity contribution < 1.29 is 46.4 Å². The molecule has 0 spiro atoms. The van der Waals surface area contributed by atoms with Crippen LogP contribution in [-0.4, -0.2) is 84.6 Å². The highest BCUT2D eigenvalue weighted by molar-refractivity contribution is 5.68. The van der Waals surface area contributed by atoms with Crippen LogP contribution in [0.5, 0.6) is 11.6 Å². The Morgan fingerprint density at radius 1 is 1.04 bits per heavy atom. The molecule has 2 N–H and O–H groups in total. The van der Waals surface area contributed by atoms with Crippen LogP contribution in [0.3, 0.4) is 0 Å². The number of aliphatic hydroxyl groups is 1. The van der Waals surface area contributed by atoms with Gasteiger partial charge in [0.2, 0.25) is 5.88 Å². The summed E-state index contributed by atoms with van der Waals surface area (Å²) in [6.45, 7) is 0.138. The van der Waals surface area contributed by atoms with Crippen molar-refractivity contribution in [2.75, 3.05) is 51.3 Å². The van der Waals surface area contributed by atoms with Gasteiger partial charge in [0.1, 0.15) is 5.75 Å². The van der Waals surface area contributed by atoms with Gasteiger partial charge in [-0.05, 0) is 74.0 Å². The first-order valence-electron chi connectivity index (χ1n) is 15.4. The number of benzene rings is 1. The standard InChI is InChI=1S/C32H40F5N3O5/c1-44-24-4-5-26(30(43)9-14-39(15-10-30)20-31(33,34)32(35,36)37)27(17-24)40-12-7-21(8-13-40)19-45-28-16-23(6-11-38-28)25(18-29(41)42)22-2-3-22/h4-6,11,16-17,21-22,25,43H,2-3,7-10,12-15,18-20H2,1H3,(H,41,42). The Kier molecular flexibility index (Phi) is 9.79. The number of aliphatic carboxylic acids is 1. The average Bonchev–Trinajstić information content (AvgIpc) is 3.85. The summed E-state index contributed by atoms with van der Waals surface area (Å²) in [7, 11) is 1.54. The minimum atomic E-state index is -5.62. The molecule has 1 aromatic carbocycles. The lowest BCUT2D eigenvalue weighted by atomic mass is 9.82. The Balaban J connectivity index is 1.20. The second-order valence-electron chi connectivity index (χ2n) is 12.6. The van der Waals surface area contributed by atoms with E-state index in [2.05, 4.69) is 9.88 Å². The zero-order chi connectivity index (χ0) is 32.4. The van der Waals surface area contributed by atoms with Crippen LogP contribution < -0.4 is 14.4 Å². The van der Waals surface area contributed by atoms with E-state index in [1.807, 2.05) is 18.2 Å². The fourth-order valence-electron chi connectivity index (χ4n) is 6.54. The van der Waals surface area contributed by atoms with Crippen molar-refractivity contribution in [3.05, 3.63) is 47.7 Å². The van der Waals surface area contributed by atoms with Crippen molar-refractivity contribution in [1.82, 2.24) is 9.88 Å². The van der Waals surface area contributed by atoms with Crippen molar-refractivity contribution in [2.45, 2.75) is 68.6 Å². The molecule has 1 atom stereocenters. The molecule has 5 rings (SSSR count). The van der Waals surface area contributed by atoms with E-state index >= 15 is 0 Å². The maximum Gasteiger partial charge on any atom is 0.454 e. The van der Waals surface area contributed by atoms with Crippen LogP contribution >= 0.6 is 0 Å². The van der Waals surface area contributed by atoms with E-state index in [-0.39, 0.29) is 44.2 Å².